The maximum Gasteiger partial charge on any atom is 0.264 e. The normalized spacial score (nSPS) is 36.1. The quantitative estimate of drug-likeness (QED) is 0.349. The van der Waals surface area contributed by atoms with Gasteiger partial charge in [0.1, 0.15) is 17.2 Å². The van der Waals surface area contributed by atoms with Crippen LogP contribution in [0.2, 0.25) is 5.02 Å². The Hall–Kier alpha value is -2.70. The minimum atomic E-state index is -3.99. The molecule has 3 aliphatic carbocycles. The van der Waals surface area contributed by atoms with Crippen molar-refractivity contribution in [2.24, 2.45) is 23.7 Å². The van der Waals surface area contributed by atoms with Crippen LogP contribution in [0.3, 0.4) is 0 Å². The lowest BCUT2D eigenvalue weighted by molar-refractivity contribution is -0.112. The van der Waals surface area contributed by atoms with Gasteiger partial charge >= 0.3 is 0 Å². The number of nitrogens with one attached hydrogen (secondary N) is 1. The van der Waals surface area contributed by atoms with E-state index in [-0.39, 0.29) is 34.2 Å². The van der Waals surface area contributed by atoms with Crippen LogP contribution in [0.15, 0.2) is 42.0 Å². The molecule has 1 N–H and O–H groups in total. The van der Waals surface area contributed by atoms with Crippen molar-refractivity contribution in [2.75, 3.05) is 64.4 Å². The van der Waals surface area contributed by atoms with E-state index < -0.39 is 32.2 Å². The van der Waals surface area contributed by atoms with Crippen LogP contribution in [0.1, 0.15) is 86.7 Å². The monoisotopic (exact) mass is 794 g/mol. The van der Waals surface area contributed by atoms with Crippen molar-refractivity contribution in [1.29, 1.82) is 0 Å². The van der Waals surface area contributed by atoms with Crippen molar-refractivity contribution in [3.8, 4) is 5.75 Å². The molecule has 0 radical (unpaired) electrons. The molecule has 0 unspecified atom stereocenters. The molecule has 9 nitrogen and oxygen atoms in total. The van der Waals surface area contributed by atoms with Crippen LogP contribution in [0.5, 0.6) is 5.75 Å². The summed E-state index contributed by atoms with van der Waals surface area (Å²) in [6.45, 7) is 10.5. The second kappa shape index (κ2) is 14.3. The summed E-state index contributed by atoms with van der Waals surface area (Å²) in [6.07, 6.45) is 11.3. The van der Waals surface area contributed by atoms with Gasteiger partial charge in [-0.05, 0) is 129 Å². The number of amides is 1. The Kier molecular flexibility index (Phi) is 9.84. The number of carbonyl (C=O) groups excluding carboxylic acids is 1. The molecule has 1 spiro atoms. The Bertz CT molecular complexity index is 2000. The van der Waals surface area contributed by atoms with Crippen molar-refractivity contribution in [3.63, 3.8) is 0 Å². The van der Waals surface area contributed by atoms with Gasteiger partial charge in [-0.3, -0.25) is 14.6 Å². The van der Waals surface area contributed by atoms with E-state index in [9.17, 15) is 13.2 Å². The molecule has 10 rings (SSSR count). The van der Waals surface area contributed by atoms with Gasteiger partial charge in [0.05, 0.1) is 22.6 Å². The van der Waals surface area contributed by atoms with Crippen LogP contribution >= 0.6 is 11.6 Å². The summed E-state index contributed by atoms with van der Waals surface area (Å²) >= 11 is 6.32. The topological polar surface area (TPSA) is 91.4 Å². The molecule has 2 saturated heterocycles. The first-order chi connectivity index (χ1) is 26.4. The van der Waals surface area contributed by atoms with Gasteiger partial charge in [0.15, 0.2) is 0 Å². The van der Waals surface area contributed by atoms with Gasteiger partial charge in [0, 0.05) is 63.4 Å². The lowest BCUT2D eigenvalue weighted by Gasteiger charge is -2.57. The van der Waals surface area contributed by atoms with Crippen molar-refractivity contribution < 1.29 is 27.1 Å². The third-order valence-corrected chi connectivity index (χ3v) is 17.3. The number of carbonyl (C=O) groups is 1. The number of hydrogen-bond donors (Lipinski definition) is 1. The van der Waals surface area contributed by atoms with E-state index >= 15 is 4.39 Å². The fraction of sp³-hybridized carbons (Fsp3) is 0.651. The lowest BCUT2D eigenvalue weighted by atomic mass is 9.58. The maximum absolute atomic E-state index is 15.6. The van der Waals surface area contributed by atoms with Crippen LogP contribution < -0.4 is 14.4 Å². The van der Waals surface area contributed by atoms with Crippen LogP contribution in [-0.4, -0.2) is 101 Å². The van der Waals surface area contributed by atoms with E-state index in [1.807, 2.05) is 20.1 Å². The number of nitrogens with zero attached hydrogens (tertiary/aromatic N) is 3. The van der Waals surface area contributed by atoms with Gasteiger partial charge in [-0.15, -0.1) is 0 Å². The number of piperidine rings is 1. The fourth-order valence-corrected chi connectivity index (χ4v) is 13.0. The zero-order valence-electron chi connectivity index (χ0n) is 32.5. The predicted molar refractivity (Wildman–Crippen MR) is 213 cm³/mol. The summed E-state index contributed by atoms with van der Waals surface area (Å²) in [4.78, 5) is 21.5. The number of methoxy groups -OCH3 is 1. The number of sulfonamides is 1. The Labute approximate surface area is 331 Å². The Morgan fingerprint density at radius 2 is 1.89 bits per heavy atom. The van der Waals surface area contributed by atoms with Crippen LogP contribution in [0, 0.1) is 29.5 Å². The van der Waals surface area contributed by atoms with Crippen molar-refractivity contribution >= 4 is 33.2 Å². The summed E-state index contributed by atoms with van der Waals surface area (Å²) < 4.78 is 59.2. The average Bonchev–Trinajstić information content (AvgIpc) is 3.29. The van der Waals surface area contributed by atoms with Crippen LogP contribution in [0.25, 0.3) is 0 Å². The molecule has 298 valence electrons. The highest BCUT2D eigenvalue weighted by molar-refractivity contribution is 7.90. The number of hydrogen-bond acceptors (Lipinski definition) is 8. The first kappa shape index (κ1) is 37.9. The Balaban J connectivity index is 1.13. The molecular formula is C43H56ClFN4O5S. The highest BCUT2D eigenvalue weighted by atomic mass is 35.5. The second-order valence-electron chi connectivity index (χ2n) is 17.9. The number of anilines is 1. The summed E-state index contributed by atoms with van der Waals surface area (Å²) in [5.41, 5.74) is 2.94. The van der Waals surface area contributed by atoms with Crippen molar-refractivity contribution in [1.82, 2.24) is 14.5 Å². The summed E-state index contributed by atoms with van der Waals surface area (Å²) in [5, 5.41) is -0.640. The van der Waals surface area contributed by atoms with Crippen molar-refractivity contribution in [2.45, 2.75) is 93.9 Å². The van der Waals surface area contributed by atoms with E-state index in [4.69, 9.17) is 21.1 Å². The van der Waals surface area contributed by atoms with Crippen LogP contribution in [0.4, 0.5) is 10.1 Å². The molecule has 5 aliphatic heterocycles. The molecule has 12 heteroatoms. The van der Waals surface area contributed by atoms with Gasteiger partial charge < -0.3 is 14.4 Å². The molecule has 2 aromatic rings. The van der Waals surface area contributed by atoms with Crippen molar-refractivity contribution in [3.05, 3.63) is 69.5 Å². The zero-order valence-corrected chi connectivity index (χ0v) is 34.1. The molecule has 8 aliphatic rings. The molecule has 2 aromatic carbocycles. The van der Waals surface area contributed by atoms with E-state index in [0.29, 0.717) is 49.4 Å². The molecule has 5 heterocycles. The molecule has 55 heavy (non-hydrogen) atoms. The summed E-state index contributed by atoms with van der Waals surface area (Å²) in [7, 11) is -2.10. The number of piperazine rings is 1. The lowest BCUT2D eigenvalue weighted by Crippen LogP contribution is -2.63. The zero-order chi connectivity index (χ0) is 38.3. The second-order valence-corrected chi connectivity index (χ2v) is 20.4. The molecule has 8 atom stereocenters. The maximum atomic E-state index is 15.6. The minimum absolute atomic E-state index is 0.0709. The van der Waals surface area contributed by atoms with E-state index in [1.165, 1.54) is 31.4 Å². The SMILES string of the molecule is CO[C@@]1(CN2CCN3CCCC[C@H]3C2)C2=C[C@@H](C2)[C@H](C)[C@@H](C)S(=O)(=O)NC(=O)c2ccc3c(c2)N(C[C@@H]2CC[C@H]21)C[C@@]1(CCCc2c1ccc(Cl)c2F)CO3. The van der Waals surface area contributed by atoms with E-state index in [0.717, 1.165) is 69.5 Å². The van der Waals surface area contributed by atoms with Gasteiger partial charge in [-0.2, -0.15) is 0 Å². The Morgan fingerprint density at radius 3 is 2.67 bits per heavy atom. The third-order valence-electron chi connectivity index (χ3n) is 15.2. The fourth-order valence-electron chi connectivity index (χ4n) is 11.5. The van der Waals surface area contributed by atoms with Gasteiger partial charge in [-0.1, -0.05) is 37.1 Å². The summed E-state index contributed by atoms with van der Waals surface area (Å²) in [6, 6.07) is 9.48. The van der Waals surface area contributed by atoms with Gasteiger partial charge in [0.25, 0.3) is 5.91 Å². The van der Waals surface area contributed by atoms with E-state index in [2.05, 4.69) is 25.5 Å². The predicted octanol–water partition coefficient (Wildman–Crippen LogP) is 6.58. The molecule has 0 aromatic heterocycles. The molecular weight excluding hydrogens is 739 g/mol. The first-order valence-corrected chi connectivity index (χ1v) is 22.6. The van der Waals surface area contributed by atoms with Gasteiger partial charge in [0.2, 0.25) is 10.0 Å². The average molecular weight is 795 g/mol. The minimum Gasteiger partial charge on any atom is -0.490 e. The van der Waals surface area contributed by atoms with E-state index in [1.54, 1.807) is 31.2 Å². The highest BCUT2D eigenvalue weighted by Gasteiger charge is 2.55. The number of fused-ring (bicyclic) bond motifs is 7. The third kappa shape index (κ3) is 6.43. The number of benzene rings is 2. The highest BCUT2D eigenvalue weighted by Crippen LogP contribution is 2.54. The summed E-state index contributed by atoms with van der Waals surface area (Å²) in [5.74, 6) is 0.0857. The Morgan fingerprint density at radius 1 is 1.05 bits per heavy atom. The largest absolute Gasteiger partial charge is 0.490 e. The van der Waals surface area contributed by atoms with Gasteiger partial charge in [-0.25, -0.2) is 17.5 Å². The first-order valence-electron chi connectivity index (χ1n) is 20.7. The number of ether oxygens (including phenoxy) is 2. The number of allylic oxidation sites excluding steroid dienone is 1. The smallest absolute Gasteiger partial charge is 0.264 e. The number of halogens is 2. The standard InChI is InChI=1S/C43H56ClFN4O5S/c1-27-28(2)55(51,52)46-41(50)29-10-14-39-38(21-29)49(24-42(26-54-39)15-6-8-34-36(42)12-13-37(44)40(34)45)22-30-9-11-35(30)43(53-3,32-19-31(27)20-32)25-47-17-18-48-16-5-4-7-33(48)23-47/h10,12-14,19,21,27-28,30-31,33,35H,4-9,11,15-18,20,22-26H2,1-3H3,(H,46,50)/t27-,28-,30+,31+,33+,35-,42+,43+/m1/s1. The molecule has 4 bridgehead atoms. The van der Waals surface area contributed by atoms with Crippen LogP contribution in [-0.2, 0) is 26.6 Å². The molecule has 1 saturated carbocycles. The molecule has 1 amide bonds. The number of rotatable bonds is 3. The molecule has 3 fully saturated rings.